The lowest BCUT2D eigenvalue weighted by Crippen LogP contribution is -2.42. The summed E-state index contributed by atoms with van der Waals surface area (Å²) in [6.07, 6.45) is 10.6. The van der Waals surface area contributed by atoms with E-state index in [9.17, 15) is 0 Å². The van der Waals surface area contributed by atoms with Crippen LogP contribution >= 0.6 is 0 Å². The Bertz CT molecular complexity index is 273. The number of hydrogen-bond donors (Lipinski definition) is 1. The van der Waals surface area contributed by atoms with Crippen molar-refractivity contribution in [3.05, 3.63) is 0 Å². The third-order valence-corrected chi connectivity index (χ3v) is 5.41. The van der Waals surface area contributed by atoms with Crippen molar-refractivity contribution >= 4 is 0 Å². The van der Waals surface area contributed by atoms with Crippen LogP contribution in [-0.4, -0.2) is 54.1 Å². The zero-order valence-corrected chi connectivity index (χ0v) is 11.7. The highest BCUT2D eigenvalue weighted by Gasteiger charge is 2.32. The second-order valence-electron chi connectivity index (χ2n) is 6.81. The molecule has 0 spiro atoms. The highest BCUT2D eigenvalue weighted by atomic mass is 15.3. The minimum atomic E-state index is 0.182. The van der Waals surface area contributed by atoms with Gasteiger partial charge in [0.05, 0.1) is 0 Å². The molecule has 104 valence electrons. The molecule has 1 unspecified atom stereocenters. The largest absolute Gasteiger partial charge is 0.325 e. The maximum Gasteiger partial charge on any atom is 0.0223 e. The Hall–Kier alpha value is -0.120. The molecule has 1 saturated carbocycles. The number of rotatable bonds is 3. The summed E-state index contributed by atoms with van der Waals surface area (Å²) in [4.78, 5) is 5.41. The van der Waals surface area contributed by atoms with Crippen molar-refractivity contribution in [1.82, 2.24) is 9.80 Å². The van der Waals surface area contributed by atoms with Gasteiger partial charge in [0.1, 0.15) is 0 Å². The number of nitrogens with zero attached hydrogens (tertiary/aromatic N) is 2. The average Bonchev–Trinajstić information content (AvgIpc) is 2.93. The lowest BCUT2D eigenvalue weighted by atomic mass is 9.94. The molecular formula is C15H29N3. The highest BCUT2D eigenvalue weighted by Crippen LogP contribution is 2.30. The lowest BCUT2D eigenvalue weighted by molar-refractivity contribution is 0.205. The minimum Gasteiger partial charge on any atom is -0.325 e. The monoisotopic (exact) mass is 251 g/mol. The predicted octanol–water partition coefficient (Wildman–Crippen LogP) is 1.82. The summed E-state index contributed by atoms with van der Waals surface area (Å²) >= 11 is 0. The van der Waals surface area contributed by atoms with Crippen LogP contribution in [0.4, 0.5) is 0 Å². The molecule has 0 amide bonds. The molecule has 0 radical (unpaired) electrons. The van der Waals surface area contributed by atoms with Gasteiger partial charge in [0, 0.05) is 18.1 Å². The molecule has 3 fully saturated rings. The first-order chi connectivity index (χ1) is 8.75. The Labute approximate surface area is 112 Å². The molecule has 3 heteroatoms. The maximum absolute atomic E-state index is 6.49. The van der Waals surface area contributed by atoms with Gasteiger partial charge in [-0.1, -0.05) is 12.8 Å². The van der Waals surface area contributed by atoms with Crippen LogP contribution in [0.25, 0.3) is 0 Å². The van der Waals surface area contributed by atoms with Crippen molar-refractivity contribution in [3.8, 4) is 0 Å². The number of hydrogen-bond acceptors (Lipinski definition) is 3. The van der Waals surface area contributed by atoms with Crippen molar-refractivity contribution in [1.29, 1.82) is 0 Å². The Kier molecular flexibility index (Phi) is 3.92. The van der Waals surface area contributed by atoms with Gasteiger partial charge in [-0.3, -0.25) is 4.90 Å². The Morgan fingerprint density at radius 1 is 1.00 bits per heavy atom. The van der Waals surface area contributed by atoms with Gasteiger partial charge in [0.2, 0.25) is 0 Å². The van der Waals surface area contributed by atoms with Crippen molar-refractivity contribution in [3.63, 3.8) is 0 Å². The normalized spacial score (nSPS) is 33.5. The van der Waals surface area contributed by atoms with Crippen LogP contribution in [0.15, 0.2) is 0 Å². The third kappa shape index (κ3) is 2.89. The second kappa shape index (κ2) is 5.48. The second-order valence-corrected chi connectivity index (χ2v) is 6.81. The quantitative estimate of drug-likeness (QED) is 0.830. The van der Waals surface area contributed by atoms with Gasteiger partial charge in [-0.15, -0.1) is 0 Å². The van der Waals surface area contributed by atoms with E-state index in [0.29, 0.717) is 0 Å². The van der Waals surface area contributed by atoms with E-state index in [-0.39, 0.29) is 5.54 Å². The predicted molar refractivity (Wildman–Crippen MR) is 75.7 cm³/mol. The molecule has 3 nitrogen and oxygen atoms in total. The first-order valence-electron chi connectivity index (χ1n) is 8.01. The van der Waals surface area contributed by atoms with E-state index in [1.54, 1.807) is 0 Å². The summed E-state index contributed by atoms with van der Waals surface area (Å²) in [5.41, 5.74) is 6.67. The van der Waals surface area contributed by atoms with Gasteiger partial charge >= 0.3 is 0 Å². The van der Waals surface area contributed by atoms with Crippen molar-refractivity contribution in [2.75, 3.05) is 32.7 Å². The van der Waals surface area contributed by atoms with E-state index in [2.05, 4.69) is 9.80 Å². The van der Waals surface area contributed by atoms with E-state index in [1.165, 1.54) is 84.1 Å². The highest BCUT2D eigenvalue weighted by molar-refractivity contribution is 4.91. The molecule has 1 atom stereocenters. The average molecular weight is 251 g/mol. The van der Waals surface area contributed by atoms with Gasteiger partial charge in [-0.2, -0.15) is 0 Å². The molecule has 18 heavy (non-hydrogen) atoms. The fourth-order valence-electron chi connectivity index (χ4n) is 4.20. The molecule has 3 aliphatic rings. The molecule has 0 bridgehead atoms. The van der Waals surface area contributed by atoms with E-state index in [4.69, 9.17) is 5.73 Å². The van der Waals surface area contributed by atoms with Gasteiger partial charge in [-0.05, 0) is 64.7 Å². The Balaban J connectivity index is 1.49. The van der Waals surface area contributed by atoms with Crippen LogP contribution < -0.4 is 5.73 Å². The molecule has 2 heterocycles. The summed E-state index contributed by atoms with van der Waals surface area (Å²) in [7, 11) is 0. The summed E-state index contributed by atoms with van der Waals surface area (Å²) in [6, 6.07) is 0.852. The summed E-state index contributed by atoms with van der Waals surface area (Å²) < 4.78 is 0. The van der Waals surface area contributed by atoms with Crippen LogP contribution in [0.5, 0.6) is 0 Å². The number of fused-ring (bicyclic) bond motifs is 1. The third-order valence-electron chi connectivity index (χ3n) is 5.41. The van der Waals surface area contributed by atoms with Gasteiger partial charge in [-0.25, -0.2) is 0 Å². The summed E-state index contributed by atoms with van der Waals surface area (Å²) in [5, 5.41) is 0. The lowest BCUT2D eigenvalue weighted by Gasteiger charge is -2.30. The Morgan fingerprint density at radius 2 is 1.78 bits per heavy atom. The van der Waals surface area contributed by atoms with Crippen molar-refractivity contribution in [2.45, 2.75) is 62.9 Å². The van der Waals surface area contributed by atoms with Crippen LogP contribution in [0.2, 0.25) is 0 Å². The van der Waals surface area contributed by atoms with Gasteiger partial charge in [0.15, 0.2) is 0 Å². The Morgan fingerprint density at radius 3 is 2.61 bits per heavy atom. The smallest absolute Gasteiger partial charge is 0.0223 e. The minimum absolute atomic E-state index is 0.182. The van der Waals surface area contributed by atoms with Crippen LogP contribution in [0.3, 0.4) is 0 Å². The van der Waals surface area contributed by atoms with E-state index < -0.39 is 0 Å². The molecule has 0 aromatic carbocycles. The summed E-state index contributed by atoms with van der Waals surface area (Å²) in [6.45, 7) is 6.51. The van der Waals surface area contributed by atoms with E-state index in [0.717, 1.165) is 6.04 Å². The van der Waals surface area contributed by atoms with Crippen LogP contribution in [0, 0.1) is 0 Å². The SMILES string of the molecule is NC1(CCN2CCCN3CCCC3C2)CCCC1. The topological polar surface area (TPSA) is 32.5 Å². The standard InChI is InChI=1S/C15H29N3/c16-15(6-1-2-7-15)8-12-17-9-4-11-18-10-3-5-14(18)13-17/h14H,1-13,16H2. The zero-order chi connectivity index (χ0) is 12.4. The van der Waals surface area contributed by atoms with Gasteiger partial charge < -0.3 is 10.6 Å². The molecule has 0 aromatic rings. The molecule has 1 aliphatic carbocycles. The van der Waals surface area contributed by atoms with Crippen LogP contribution in [-0.2, 0) is 0 Å². The molecule has 2 saturated heterocycles. The fourth-order valence-corrected chi connectivity index (χ4v) is 4.20. The van der Waals surface area contributed by atoms with Crippen molar-refractivity contribution < 1.29 is 0 Å². The molecule has 2 aliphatic heterocycles. The zero-order valence-electron chi connectivity index (χ0n) is 11.7. The first kappa shape index (κ1) is 12.9. The maximum atomic E-state index is 6.49. The van der Waals surface area contributed by atoms with Crippen molar-refractivity contribution in [2.24, 2.45) is 5.73 Å². The molecular weight excluding hydrogens is 222 g/mol. The van der Waals surface area contributed by atoms with E-state index in [1.807, 2.05) is 0 Å². The van der Waals surface area contributed by atoms with Gasteiger partial charge in [0.25, 0.3) is 0 Å². The molecule has 0 aromatic heterocycles. The molecule has 3 rings (SSSR count). The summed E-state index contributed by atoms with van der Waals surface area (Å²) in [5.74, 6) is 0. The number of nitrogens with two attached hydrogens (primary N) is 1. The van der Waals surface area contributed by atoms with E-state index >= 15 is 0 Å². The molecule has 2 N–H and O–H groups in total. The fraction of sp³-hybridized carbons (Fsp3) is 1.00. The van der Waals surface area contributed by atoms with Crippen LogP contribution in [0.1, 0.15) is 51.4 Å². The first-order valence-corrected chi connectivity index (χ1v) is 8.01.